The van der Waals surface area contributed by atoms with Crippen molar-refractivity contribution in [2.45, 2.75) is 33.2 Å². The van der Waals surface area contributed by atoms with Crippen molar-refractivity contribution in [3.8, 4) is 11.3 Å². The Kier molecular flexibility index (Phi) is 4.01. The number of nitrogens with two attached hydrogens (primary N) is 1. The van der Waals surface area contributed by atoms with E-state index in [2.05, 4.69) is 4.98 Å². The average molecular weight is 283 g/mol. The molecule has 108 valence electrons. The molecule has 0 spiro atoms. The van der Waals surface area contributed by atoms with E-state index in [0.29, 0.717) is 18.4 Å². The highest BCUT2D eigenvalue weighted by Gasteiger charge is 2.19. The monoisotopic (exact) mass is 283 g/mol. The molecule has 2 aromatic rings. The lowest BCUT2D eigenvalue weighted by Crippen LogP contribution is -2.05. The lowest BCUT2D eigenvalue weighted by Gasteiger charge is -2.07. The van der Waals surface area contributed by atoms with Gasteiger partial charge in [-0.1, -0.05) is 13.3 Å². The molecule has 6 heteroatoms. The van der Waals surface area contributed by atoms with Crippen molar-refractivity contribution in [3.05, 3.63) is 35.4 Å². The fourth-order valence-corrected chi connectivity index (χ4v) is 2.08. The van der Waals surface area contributed by atoms with Crippen molar-refractivity contribution >= 4 is 5.82 Å². The molecule has 2 N–H and O–H groups in total. The molecule has 0 saturated carbocycles. The maximum absolute atomic E-state index is 13.8. The Hall–Kier alpha value is -1.98. The topological polar surface area (TPSA) is 43.8 Å². The van der Waals surface area contributed by atoms with E-state index in [1.807, 2.05) is 6.92 Å². The summed E-state index contributed by atoms with van der Waals surface area (Å²) in [5, 5.41) is 0. The molecule has 0 amide bonds. The van der Waals surface area contributed by atoms with Gasteiger partial charge >= 0.3 is 0 Å². The van der Waals surface area contributed by atoms with Crippen molar-refractivity contribution in [3.63, 3.8) is 0 Å². The number of aromatic nitrogens is 2. The van der Waals surface area contributed by atoms with Gasteiger partial charge in [-0.2, -0.15) is 0 Å². The van der Waals surface area contributed by atoms with E-state index in [4.69, 9.17) is 5.73 Å². The predicted molar refractivity (Wildman–Crippen MR) is 71.6 cm³/mol. The lowest BCUT2D eigenvalue weighted by molar-refractivity contribution is 0.496. The van der Waals surface area contributed by atoms with Crippen LogP contribution in [0.4, 0.5) is 19.0 Å². The Morgan fingerprint density at radius 2 is 1.80 bits per heavy atom. The second-order valence-electron chi connectivity index (χ2n) is 4.64. The van der Waals surface area contributed by atoms with E-state index in [1.54, 1.807) is 11.5 Å². The van der Waals surface area contributed by atoms with Crippen LogP contribution >= 0.6 is 0 Å². The van der Waals surface area contributed by atoms with Crippen LogP contribution in [0.25, 0.3) is 11.3 Å². The molecule has 0 bridgehead atoms. The van der Waals surface area contributed by atoms with E-state index in [9.17, 15) is 13.2 Å². The first-order chi connectivity index (χ1) is 9.45. The zero-order valence-corrected chi connectivity index (χ0v) is 11.4. The van der Waals surface area contributed by atoms with Crippen LogP contribution in [-0.4, -0.2) is 9.55 Å². The number of halogens is 3. The van der Waals surface area contributed by atoms with Gasteiger partial charge in [-0.3, -0.25) is 0 Å². The number of hydrogen-bond donors (Lipinski definition) is 1. The predicted octanol–water partition coefficient (Wildman–Crippen LogP) is 3.66. The quantitative estimate of drug-likeness (QED) is 0.870. The second-order valence-corrected chi connectivity index (χ2v) is 4.64. The first kappa shape index (κ1) is 14.4. The molecule has 0 aliphatic heterocycles. The van der Waals surface area contributed by atoms with E-state index >= 15 is 0 Å². The minimum Gasteiger partial charge on any atom is -0.383 e. The van der Waals surface area contributed by atoms with Gasteiger partial charge in [-0.25, -0.2) is 18.2 Å². The van der Waals surface area contributed by atoms with Crippen molar-refractivity contribution < 1.29 is 13.2 Å². The number of rotatable bonds is 4. The molecule has 20 heavy (non-hydrogen) atoms. The molecule has 0 saturated heterocycles. The van der Waals surface area contributed by atoms with Crippen LogP contribution < -0.4 is 5.73 Å². The molecule has 2 rings (SSSR count). The summed E-state index contributed by atoms with van der Waals surface area (Å²) in [6, 6.07) is 1.29. The number of benzene rings is 1. The maximum atomic E-state index is 13.8. The molecule has 1 aromatic carbocycles. The normalized spacial score (nSPS) is 11.1. The van der Waals surface area contributed by atoms with Crippen LogP contribution in [0.15, 0.2) is 12.1 Å². The van der Waals surface area contributed by atoms with Crippen LogP contribution in [0.3, 0.4) is 0 Å². The molecule has 0 radical (unpaired) electrons. The SMILES string of the molecule is CCCCn1c(C)nc(-c2cc(F)c(F)cc2F)c1N. The van der Waals surface area contributed by atoms with Crippen molar-refractivity contribution in [2.24, 2.45) is 0 Å². The number of imidazole rings is 1. The minimum atomic E-state index is -1.23. The number of nitrogen functional groups attached to an aromatic ring is 1. The van der Waals surface area contributed by atoms with Gasteiger partial charge in [0.05, 0.1) is 0 Å². The highest BCUT2D eigenvalue weighted by Crippen LogP contribution is 2.30. The van der Waals surface area contributed by atoms with Crippen molar-refractivity contribution in [1.29, 1.82) is 0 Å². The van der Waals surface area contributed by atoms with Gasteiger partial charge in [0.1, 0.15) is 23.2 Å². The molecule has 0 aliphatic carbocycles. The summed E-state index contributed by atoms with van der Waals surface area (Å²) >= 11 is 0. The molecule has 0 atom stereocenters. The van der Waals surface area contributed by atoms with E-state index in [-0.39, 0.29) is 17.1 Å². The molecular formula is C14H16F3N3. The summed E-state index contributed by atoms with van der Waals surface area (Å²) in [6.45, 7) is 4.44. The van der Waals surface area contributed by atoms with E-state index in [1.165, 1.54) is 0 Å². The summed E-state index contributed by atoms with van der Waals surface area (Å²) in [5.41, 5.74) is 5.97. The highest BCUT2D eigenvalue weighted by molar-refractivity contribution is 5.71. The van der Waals surface area contributed by atoms with Crippen molar-refractivity contribution in [1.82, 2.24) is 9.55 Å². The summed E-state index contributed by atoms with van der Waals surface area (Å²) in [7, 11) is 0. The highest BCUT2D eigenvalue weighted by atomic mass is 19.2. The number of nitrogens with zero attached hydrogens (tertiary/aromatic N) is 2. The average Bonchev–Trinajstić information content (AvgIpc) is 2.67. The molecule has 0 aliphatic rings. The van der Waals surface area contributed by atoms with Crippen molar-refractivity contribution in [2.75, 3.05) is 5.73 Å². The van der Waals surface area contributed by atoms with Crippen LogP contribution in [0.2, 0.25) is 0 Å². The summed E-state index contributed by atoms with van der Waals surface area (Å²) in [6.07, 6.45) is 1.88. The van der Waals surface area contributed by atoms with Gasteiger partial charge in [0, 0.05) is 18.2 Å². The molecule has 1 heterocycles. The maximum Gasteiger partial charge on any atom is 0.161 e. The summed E-state index contributed by atoms with van der Waals surface area (Å²) in [4.78, 5) is 4.17. The lowest BCUT2D eigenvalue weighted by atomic mass is 10.1. The van der Waals surface area contributed by atoms with E-state index < -0.39 is 17.5 Å². The third kappa shape index (κ3) is 2.50. The van der Waals surface area contributed by atoms with Gasteiger partial charge in [-0.05, 0) is 19.4 Å². The van der Waals surface area contributed by atoms with Crippen LogP contribution in [0, 0.1) is 24.4 Å². The Balaban J connectivity index is 2.51. The minimum absolute atomic E-state index is 0.125. The molecule has 0 fully saturated rings. The fourth-order valence-electron chi connectivity index (χ4n) is 2.08. The third-order valence-electron chi connectivity index (χ3n) is 3.20. The molecule has 0 unspecified atom stereocenters. The largest absolute Gasteiger partial charge is 0.383 e. The standard InChI is InChI=1S/C14H16F3N3/c1-3-4-5-20-8(2)19-13(14(20)18)9-6-11(16)12(17)7-10(9)15/h6-7H,3-5,18H2,1-2H3. The zero-order valence-electron chi connectivity index (χ0n) is 11.4. The number of hydrogen-bond acceptors (Lipinski definition) is 2. The number of aryl methyl sites for hydroxylation is 1. The van der Waals surface area contributed by atoms with Gasteiger partial charge in [0.25, 0.3) is 0 Å². The van der Waals surface area contributed by atoms with Gasteiger partial charge in [0.15, 0.2) is 11.6 Å². The van der Waals surface area contributed by atoms with Gasteiger partial charge in [0.2, 0.25) is 0 Å². The first-order valence-corrected chi connectivity index (χ1v) is 6.43. The fraction of sp³-hybridized carbons (Fsp3) is 0.357. The third-order valence-corrected chi connectivity index (χ3v) is 3.20. The summed E-state index contributed by atoms with van der Waals surface area (Å²) in [5.74, 6) is -2.35. The Labute approximate surface area is 115 Å². The smallest absolute Gasteiger partial charge is 0.161 e. The molecular weight excluding hydrogens is 267 g/mol. The summed E-state index contributed by atoms with van der Waals surface area (Å²) < 4.78 is 41.8. The Morgan fingerprint density at radius 1 is 1.15 bits per heavy atom. The Morgan fingerprint density at radius 3 is 2.45 bits per heavy atom. The van der Waals surface area contributed by atoms with Gasteiger partial charge < -0.3 is 10.3 Å². The Bertz CT molecular complexity index is 635. The molecule has 1 aromatic heterocycles. The number of unbranched alkanes of at least 4 members (excludes halogenated alkanes) is 1. The first-order valence-electron chi connectivity index (χ1n) is 6.43. The van der Waals surface area contributed by atoms with Crippen LogP contribution in [0.1, 0.15) is 25.6 Å². The van der Waals surface area contributed by atoms with Gasteiger partial charge in [-0.15, -0.1) is 0 Å². The zero-order chi connectivity index (χ0) is 14.9. The second kappa shape index (κ2) is 5.56. The number of anilines is 1. The van der Waals surface area contributed by atoms with Crippen LogP contribution in [-0.2, 0) is 6.54 Å². The molecule has 3 nitrogen and oxygen atoms in total. The van der Waals surface area contributed by atoms with Crippen LogP contribution in [0.5, 0.6) is 0 Å². The van der Waals surface area contributed by atoms with E-state index in [0.717, 1.165) is 18.9 Å².